The number of ether oxygens (including phenoxy) is 1. The summed E-state index contributed by atoms with van der Waals surface area (Å²) >= 11 is 0. The third-order valence-corrected chi connectivity index (χ3v) is 2.73. The number of rotatable bonds is 8. The van der Waals surface area contributed by atoms with Crippen molar-refractivity contribution in [3.05, 3.63) is 28.3 Å². The lowest BCUT2D eigenvalue weighted by Crippen LogP contribution is -2.12. The Balaban J connectivity index is 2.75. The van der Waals surface area contributed by atoms with Crippen LogP contribution in [0.4, 0.5) is 11.4 Å². The Kier molecular flexibility index (Phi) is 6.08. The monoisotopic (exact) mass is 268 g/mol. The van der Waals surface area contributed by atoms with E-state index in [1.807, 2.05) is 6.92 Å². The van der Waals surface area contributed by atoms with Crippen LogP contribution < -0.4 is 10.1 Å². The number of hydrogen-bond acceptors (Lipinski definition) is 5. The average Bonchev–Trinajstić information content (AvgIpc) is 2.37. The summed E-state index contributed by atoms with van der Waals surface area (Å²) in [6.45, 7) is 5.05. The molecule has 1 aromatic carbocycles. The van der Waals surface area contributed by atoms with Crippen LogP contribution in [0.25, 0.3) is 0 Å². The van der Waals surface area contributed by atoms with Crippen molar-refractivity contribution >= 4 is 11.4 Å². The minimum Gasteiger partial charge on any atom is -0.487 e. The Morgan fingerprint density at radius 3 is 2.84 bits per heavy atom. The average molecular weight is 268 g/mol. The van der Waals surface area contributed by atoms with Gasteiger partial charge in [-0.1, -0.05) is 6.92 Å². The summed E-state index contributed by atoms with van der Waals surface area (Å²) in [6, 6.07) is 4.73. The molecule has 0 aliphatic heterocycles. The van der Waals surface area contributed by atoms with E-state index in [4.69, 9.17) is 9.84 Å². The summed E-state index contributed by atoms with van der Waals surface area (Å²) in [6.07, 6.45) is 0.721. The lowest BCUT2D eigenvalue weighted by atomic mass is 10.1. The van der Waals surface area contributed by atoms with Crippen molar-refractivity contribution in [3.8, 4) is 5.75 Å². The molecule has 0 aliphatic rings. The summed E-state index contributed by atoms with van der Waals surface area (Å²) in [5, 5.41) is 22.8. The maximum atomic E-state index is 10.8. The molecule has 0 saturated carbocycles. The third kappa shape index (κ3) is 4.75. The summed E-state index contributed by atoms with van der Waals surface area (Å²) in [4.78, 5) is 10.4. The summed E-state index contributed by atoms with van der Waals surface area (Å²) in [5.74, 6) is 0.600. The van der Waals surface area contributed by atoms with E-state index in [-0.39, 0.29) is 18.0 Å². The van der Waals surface area contributed by atoms with E-state index in [1.165, 1.54) is 6.07 Å². The molecule has 0 aliphatic carbocycles. The molecule has 6 heteroatoms. The zero-order valence-corrected chi connectivity index (χ0v) is 11.3. The first-order valence-corrected chi connectivity index (χ1v) is 6.34. The molecule has 0 radical (unpaired) electrons. The van der Waals surface area contributed by atoms with Gasteiger partial charge < -0.3 is 15.2 Å². The van der Waals surface area contributed by atoms with Crippen LogP contribution >= 0.6 is 0 Å². The van der Waals surface area contributed by atoms with Gasteiger partial charge in [-0.2, -0.15) is 0 Å². The maximum absolute atomic E-state index is 10.8. The van der Waals surface area contributed by atoms with Crippen molar-refractivity contribution in [2.24, 2.45) is 5.92 Å². The quantitative estimate of drug-likeness (QED) is 0.558. The molecule has 0 amide bonds. The Labute approximate surface area is 112 Å². The van der Waals surface area contributed by atoms with Gasteiger partial charge in [0.2, 0.25) is 0 Å². The second-order valence-electron chi connectivity index (χ2n) is 4.37. The Morgan fingerprint density at radius 2 is 2.26 bits per heavy atom. The van der Waals surface area contributed by atoms with Gasteiger partial charge in [0.1, 0.15) is 0 Å². The predicted molar refractivity (Wildman–Crippen MR) is 73.6 cm³/mol. The Bertz CT molecular complexity index is 423. The molecule has 6 nitrogen and oxygen atoms in total. The van der Waals surface area contributed by atoms with Gasteiger partial charge in [-0.3, -0.25) is 10.1 Å². The fourth-order valence-corrected chi connectivity index (χ4v) is 1.66. The van der Waals surface area contributed by atoms with Crippen molar-refractivity contribution in [3.63, 3.8) is 0 Å². The van der Waals surface area contributed by atoms with Crippen molar-refractivity contribution < 1.29 is 14.8 Å². The van der Waals surface area contributed by atoms with Crippen molar-refractivity contribution in [1.29, 1.82) is 0 Å². The van der Waals surface area contributed by atoms with Gasteiger partial charge in [0, 0.05) is 31.0 Å². The second-order valence-corrected chi connectivity index (χ2v) is 4.37. The van der Waals surface area contributed by atoms with Crippen LogP contribution in [0.2, 0.25) is 0 Å². The number of nitro benzene ring substituents is 1. The molecule has 0 heterocycles. The summed E-state index contributed by atoms with van der Waals surface area (Å²) in [7, 11) is 0. The van der Waals surface area contributed by atoms with Crippen LogP contribution in [0, 0.1) is 16.0 Å². The van der Waals surface area contributed by atoms with E-state index < -0.39 is 4.92 Å². The van der Waals surface area contributed by atoms with Crippen molar-refractivity contribution in [2.45, 2.75) is 20.3 Å². The zero-order valence-electron chi connectivity index (χ0n) is 11.3. The first kappa shape index (κ1) is 15.2. The predicted octanol–water partition coefficient (Wildman–Crippen LogP) is 2.42. The van der Waals surface area contributed by atoms with E-state index in [2.05, 4.69) is 5.32 Å². The molecule has 19 heavy (non-hydrogen) atoms. The fraction of sp³-hybridized carbons (Fsp3) is 0.538. The molecule has 1 aromatic rings. The molecule has 1 unspecified atom stereocenters. The van der Waals surface area contributed by atoms with Crippen LogP contribution in [0.3, 0.4) is 0 Å². The molecular formula is C13H20N2O4. The van der Waals surface area contributed by atoms with Crippen LogP contribution in [0.15, 0.2) is 18.2 Å². The van der Waals surface area contributed by atoms with Gasteiger partial charge in [0.05, 0.1) is 11.5 Å². The molecule has 0 spiro atoms. The van der Waals surface area contributed by atoms with Crippen LogP contribution in [0.1, 0.15) is 20.3 Å². The maximum Gasteiger partial charge on any atom is 0.311 e. The van der Waals surface area contributed by atoms with Gasteiger partial charge in [0.15, 0.2) is 5.75 Å². The number of nitrogens with one attached hydrogen (secondary N) is 1. The number of aliphatic hydroxyl groups is 1. The smallest absolute Gasteiger partial charge is 0.311 e. The molecule has 0 bridgehead atoms. The number of nitrogens with zero attached hydrogens (tertiary/aromatic N) is 1. The Morgan fingerprint density at radius 1 is 1.53 bits per heavy atom. The molecule has 0 aromatic heterocycles. The van der Waals surface area contributed by atoms with Crippen molar-refractivity contribution in [2.75, 3.05) is 25.1 Å². The topological polar surface area (TPSA) is 84.6 Å². The minimum absolute atomic E-state index is 0.0317. The first-order chi connectivity index (χ1) is 9.08. The fourth-order valence-electron chi connectivity index (χ4n) is 1.66. The molecule has 1 rings (SSSR count). The van der Waals surface area contributed by atoms with Gasteiger partial charge in [0.25, 0.3) is 0 Å². The number of nitro groups is 1. The number of hydrogen-bond donors (Lipinski definition) is 2. The van der Waals surface area contributed by atoms with Crippen LogP contribution in [-0.4, -0.2) is 29.8 Å². The van der Waals surface area contributed by atoms with E-state index in [0.717, 1.165) is 12.1 Å². The highest BCUT2D eigenvalue weighted by Gasteiger charge is 2.15. The zero-order chi connectivity index (χ0) is 14.3. The molecule has 2 N–H and O–H groups in total. The number of anilines is 1. The third-order valence-electron chi connectivity index (χ3n) is 2.73. The molecular weight excluding hydrogens is 248 g/mol. The molecule has 0 fully saturated rings. The highest BCUT2D eigenvalue weighted by atomic mass is 16.6. The lowest BCUT2D eigenvalue weighted by molar-refractivity contribution is -0.385. The molecule has 1 atom stereocenters. The van der Waals surface area contributed by atoms with Gasteiger partial charge in [-0.25, -0.2) is 0 Å². The largest absolute Gasteiger partial charge is 0.487 e. The first-order valence-electron chi connectivity index (χ1n) is 6.34. The van der Waals surface area contributed by atoms with Gasteiger partial charge in [-0.15, -0.1) is 0 Å². The minimum atomic E-state index is -0.455. The second kappa shape index (κ2) is 7.58. The van der Waals surface area contributed by atoms with Crippen LogP contribution in [0.5, 0.6) is 5.75 Å². The van der Waals surface area contributed by atoms with E-state index in [0.29, 0.717) is 19.1 Å². The van der Waals surface area contributed by atoms with Gasteiger partial charge >= 0.3 is 5.69 Å². The Hall–Kier alpha value is -1.82. The van der Waals surface area contributed by atoms with Gasteiger partial charge in [-0.05, 0) is 25.3 Å². The lowest BCUT2D eigenvalue weighted by Gasteiger charge is -2.13. The highest BCUT2D eigenvalue weighted by Crippen LogP contribution is 2.30. The van der Waals surface area contributed by atoms with E-state index in [1.54, 1.807) is 19.1 Å². The SMILES string of the molecule is CCOc1cc(NCC(C)CCO)ccc1[N+](=O)[O-]. The van der Waals surface area contributed by atoms with E-state index >= 15 is 0 Å². The summed E-state index contributed by atoms with van der Waals surface area (Å²) < 4.78 is 5.27. The standard InChI is InChI=1S/C13H20N2O4/c1-3-19-13-8-11(4-5-12(13)15(17)18)14-9-10(2)6-7-16/h4-5,8,10,14,16H,3,6-7,9H2,1-2H3. The van der Waals surface area contributed by atoms with Crippen molar-refractivity contribution in [1.82, 2.24) is 0 Å². The summed E-state index contributed by atoms with van der Waals surface area (Å²) in [5.41, 5.74) is 0.745. The van der Waals surface area contributed by atoms with E-state index in [9.17, 15) is 10.1 Å². The number of benzene rings is 1. The molecule has 0 saturated heterocycles. The normalized spacial score (nSPS) is 11.9. The highest BCUT2D eigenvalue weighted by molar-refractivity contribution is 5.58. The van der Waals surface area contributed by atoms with Crippen LogP contribution in [-0.2, 0) is 0 Å². The number of aliphatic hydroxyl groups excluding tert-OH is 1. The molecule has 106 valence electrons.